The van der Waals surface area contributed by atoms with E-state index >= 15 is 0 Å². The number of hydrogen-bond acceptors (Lipinski definition) is 5. The van der Waals surface area contributed by atoms with Gasteiger partial charge in [0.1, 0.15) is 12.4 Å². The summed E-state index contributed by atoms with van der Waals surface area (Å²) in [6, 6.07) is 1.91. The number of amides is 1. The Morgan fingerprint density at radius 1 is 1.33 bits per heavy atom. The average molecular weight is 331 g/mol. The monoisotopic (exact) mass is 331 g/mol. The van der Waals surface area contributed by atoms with Gasteiger partial charge in [-0.05, 0) is 38.9 Å². The molecule has 3 heterocycles. The maximum Gasteiger partial charge on any atom is 0.218 e. The zero-order valence-corrected chi connectivity index (χ0v) is 14.1. The van der Waals surface area contributed by atoms with Gasteiger partial charge < -0.3 is 15.2 Å². The van der Waals surface area contributed by atoms with Gasteiger partial charge in [-0.3, -0.25) is 9.48 Å². The van der Waals surface area contributed by atoms with Crippen LogP contribution in [0.3, 0.4) is 0 Å². The maximum absolute atomic E-state index is 10.9. The Hall–Kier alpha value is -2.22. The summed E-state index contributed by atoms with van der Waals surface area (Å²) in [5.41, 5.74) is 5.23. The minimum atomic E-state index is -0.230. The van der Waals surface area contributed by atoms with E-state index in [1.54, 1.807) is 6.20 Å². The van der Waals surface area contributed by atoms with Crippen LogP contribution >= 0.6 is 0 Å². The van der Waals surface area contributed by atoms with Crippen LogP contribution in [-0.2, 0) is 17.9 Å². The van der Waals surface area contributed by atoms with Crippen LogP contribution in [0.2, 0.25) is 0 Å². The second-order valence-corrected chi connectivity index (χ2v) is 6.25. The summed E-state index contributed by atoms with van der Waals surface area (Å²) in [4.78, 5) is 13.2. The lowest BCUT2D eigenvalue weighted by Crippen LogP contribution is -2.36. The molecule has 1 saturated heterocycles. The van der Waals surface area contributed by atoms with E-state index in [0.29, 0.717) is 18.9 Å². The van der Waals surface area contributed by atoms with Gasteiger partial charge in [0.05, 0.1) is 0 Å². The van der Waals surface area contributed by atoms with E-state index in [1.165, 1.54) is 0 Å². The van der Waals surface area contributed by atoms with Gasteiger partial charge >= 0.3 is 0 Å². The normalized spacial score (nSPS) is 16.5. The second kappa shape index (κ2) is 7.57. The van der Waals surface area contributed by atoms with Gasteiger partial charge in [0.25, 0.3) is 0 Å². The third kappa shape index (κ3) is 3.81. The van der Waals surface area contributed by atoms with Gasteiger partial charge in [-0.15, -0.1) is 10.2 Å². The first-order valence-electron chi connectivity index (χ1n) is 8.57. The molecule has 0 bridgehead atoms. The summed E-state index contributed by atoms with van der Waals surface area (Å²) < 4.78 is 4.08. The summed E-state index contributed by atoms with van der Waals surface area (Å²) >= 11 is 0. The number of primary amides is 1. The standard InChI is InChI=1S/C16H25N7O/c1-2-23-15(12-22-8-3-7-18-22)19-20-16(23)13-4-9-21(10-5-13)11-6-14(17)24/h3,7-8,13H,2,4-6,9-12H2,1H3,(H2,17,24). The molecule has 0 aliphatic carbocycles. The first kappa shape index (κ1) is 16.6. The molecule has 8 heteroatoms. The highest BCUT2D eigenvalue weighted by molar-refractivity contribution is 5.73. The van der Waals surface area contributed by atoms with Crippen molar-refractivity contribution in [3.05, 3.63) is 30.1 Å². The summed E-state index contributed by atoms with van der Waals surface area (Å²) in [6.45, 7) is 6.34. The molecule has 1 fully saturated rings. The summed E-state index contributed by atoms with van der Waals surface area (Å²) in [5.74, 6) is 2.22. The molecule has 0 aromatic carbocycles. The van der Waals surface area contributed by atoms with Crippen molar-refractivity contribution >= 4 is 5.91 Å². The Labute approximate surface area is 141 Å². The number of piperidine rings is 1. The fourth-order valence-electron chi connectivity index (χ4n) is 3.33. The number of carbonyl (C=O) groups excluding carboxylic acids is 1. The molecule has 0 unspecified atom stereocenters. The van der Waals surface area contributed by atoms with E-state index in [1.807, 2.05) is 16.9 Å². The smallest absolute Gasteiger partial charge is 0.218 e. The van der Waals surface area contributed by atoms with Gasteiger partial charge in [0.2, 0.25) is 5.91 Å². The van der Waals surface area contributed by atoms with Crippen molar-refractivity contribution in [3.8, 4) is 0 Å². The van der Waals surface area contributed by atoms with Crippen molar-refractivity contribution in [3.63, 3.8) is 0 Å². The van der Waals surface area contributed by atoms with Crippen LogP contribution < -0.4 is 5.73 Å². The van der Waals surface area contributed by atoms with Crippen LogP contribution in [0.1, 0.15) is 43.8 Å². The van der Waals surface area contributed by atoms with Crippen molar-refractivity contribution in [1.82, 2.24) is 29.4 Å². The molecule has 0 radical (unpaired) electrons. The Balaban J connectivity index is 1.63. The molecule has 0 atom stereocenters. The van der Waals surface area contributed by atoms with E-state index < -0.39 is 0 Å². The van der Waals surface area contributed by atoms with E-state index in [0.717, 1.165) is 50.7 Å². The van der Waals surface area contributed by atoms with Crippen molar-refractivity contribution in [2.45, 2.75) is 45.2 Å². The Morgan fingerprint density at radius 3 is 2.75 bits per heavy atom. The molecule has 0 spiro atoms. The van der Waals surface area contributed by atoms with E-state index in [9.17, 15) is 4.79 Å². The maximum atomic E-state index is 10.9. The number of likely N-dealkylation sites (tertiary alicyclic amines) is 1. The summed E-state index contributed by atoms with van der Waals surface area (Å²) in [7, 11) is 0. The number of nitrogens with two attached hydrogens (primary N) is 1. The topological polar surface area (TPSA) is 94.9 Å². The highest BCUT2D eigenvalue weighted by Gasteiger charge is 2.25. The van der Waals surface area contributed by atoms with Crippen LogP contribution in [-0.4, -0.2) is 55.0 Å². The lowest BCUT2D eigenvalue weighted by molar-refractivity contribution is -0.118. The SMILES string of the molecule is CCn1c(Cn2cccn2)nnc1C1CCN(CCC(N)=O)CC1. The second-order valence-electron chi connectivity index (χ2n) is 6.25. The molecular weight excluding hydrogens is 306 g/mol. The molecule has 1 amide bonds. The number of aromatic nitrogens is 5. The molecule has 3 rings (SSSR count). The number of hydrogen-bond donors (Lipinski definition) is 1. The lowest BCUT2D eigenvalue weighted by Gasteiger charge is -2.31. The molecule has 0 saturated carbocycles. The van der Waals surface area contributed by atoms with Crippen molar-refractivity contribution < 1.29 is 4.79 Å². The fraction of sp³-hybridized carbons (Fsp3) is 0.625. The van der Waals surface area contributed by atoms with Crippen molar-refractivity contribution in [1.29, 1.82) is 0 Å². The largest absolute Gasteiger partial charge is 0.370 e. The lowest BCUT2D eigenvalue weighted by atomic mass is 9.95. The quantitative estimate of drug-likeness (QED) is 0.801. The summed E-state index contributed by atoms with van der Waals surface area (Å²) in [6.07, 6.45) is 6.22. The fourth-order valence-corrected chi connectivity index (χ4v) is 3.33. The minimum Gasteiger partial charge on any atom is -0.370 e. The Kier molecular flexibility index (Phi) is 5.24. The first-order chi connectivity index (χ1) is 11.7. The third-order valence-corrected chi connectivity index (χ3v) is 4.66. The van der Waals surface area contributed by atoms with Gasteiger partial charge in [-0.1, -0.05) is 0 Å². The zero-order chi connectivity index (χ0) is 16.9. The highest BCUT2D eigenvalue weighted by atomic mass is 16.1. The van der Waals surface area contributed by atoms with Gasteiger partial charge in [-0.2, -0.15) is 5.10 Å². The summed E-state index contributed by atoms with van der Waals surface area (Å²) in [5, 5.41) is 13.1. The molecular formula is C16H25N7O. The molecule has 8 nitrogen and oxygen atoms in total. The molecule has 2 N–H and O–H groups in total. The van der Waals surface area contributed by atoms with Gasteiger partial charge in [0, 0.05) is 37.8 Å². The number of carbonyl (C=O) groups is 1. The molecule has 2 aromatic rings. The highest BCUT2D eigenvalue weighted by Crippen LogP contribution is 2.27. The predicted molar refractivity (Wildman–Crippen MR) is 89.3 cm³/mol. The van der Waals surface area contributed by atoms with Crippen LogP contribution in [0, 0.1) is 0 Å². The van der Waals surface area contributed by atoms with E-state index in [-0.39, 0.29) is 5.91 Å². The van der Waals surface area contributed by atoms with Crippen LogP contribution in [0.5, 0.6) is 0 Å². The molecule has 130 valence electrons. The van der Waals surface area contributed by atoms with Crippen molar-refractivity contribution in [2.24, 2.45) is 5.73 Å². The molecule has 24 heavy (non-hydrogen) atoms. The van der Waals surface area contributed by atoms with Gasteiger partial charge in [-0.25, -0.2) is 0 Å². The zero-order valence-electron chi connectivity index (χ0n) is 14.1. The van der Waals surface area contributed by atoms with E-state index in [4.69, 9.17) is 5.73 Å². The van der Waals surface area contributed by atoms with Crippen LogP contribution in [0.15, 0.2) is 18.5 Å². The first-order valence-corrected chi connectivity index (χ1v) is 8.57. The average Bonchev–Trinajstić information content (AvgIpc) is 3.23. The van der Waals surface area contributed by atoms with Gasteiger partial charge in [0.15, 0.2) is 5.82 Å². The number of nitrogens with zero attached hydrogens (tertiary/aromatic N) is 6. The Bertz CT molecular complexity index is 656. The number of rotatable bonds is 7. The third-order valence-electron chi connectivity index (χ3n) is 4.66. The predicted octanol–water partition coefficient (Wildman–Crippen LogP) is 0.598. The Morgan fingerprint density at radius 2 is 2.12 bits per heavy atom. The van der Waals surface area contributed by atoms with E-state index in [2.05, 4.69) is 31.7 Å². The van der Waals surface area contributed by atoms with Crippen LogP contribution in [0.25, 0.3) is 0 Å². The molecule has 1 aliphatic rings. The molecule has 2 aromatic heterocycles. The molecule has 1 aliphatic heterocycles. The minimum absolute atomic E-state index is 0.230. The van der Waals surface area contributed by atoms with Crippen LogP contribution in [0.4, 0.5) is 0 Å². The van der Waals surface area contributed by atoms with Crippen molar-refractivity contribution in [2.75, 3.05) is 19.6 Å².